The number of nitrogens with one attached hydrogen (secondary N) is 2. The first-order valence-electron chi connectivity index (χ1n) is 7.00. The van der Waals surface area contributed by atoms with E-state index in [1.165, 1.54) is 11.3 Å². The van der Waals surface area contributed by atoms with E-state index in [-0.39, 0.29) is 29.6 Å². The highest BCUT2D eigenvalue weighted by Gasteiger charge is 2.45. The molecule has 7 nitrogen and oxygen atoms in total. The Hall–Kier alpha value is -1.96. The minimum absolute atomic E-state index is 0.0287. The Morgan fingerprint density at radius 1 is 1.50 bits per heavy atom. The molecule has 1 aliphatic rings. The van der Waals surface area contributed by atoms with Gasteiger partial charge in [0.15, 0.2) is 5.13 Å². The summed E-state index contributed by atoms with van der Waals surface area (Å²) in [4.78, 5) is 39.4. The normalized spacial score (nSPS) is 21.5. The van der Waals surface area contributed by atoms with Crippen molar-refractivity contribution in [3.8, 4) is 0 Å². The number of thiazole rings is 1. The van der Waals surface area contributed by atoms with Gasteiger partial charge in [-0.05, 0) is 5.41 Å². The predicted octanol–water partition coefficient (Wildman–Crippen LogP) is 0.518. The van der Waals surface area contributed by atoms with Gasteiger partial charge in [-0.2, -0.15) is 0 Å². The van der Waals surface area contributed by atoms with Gasteiger partial charge in [0.1, 0.15) is 5.92 Å². The van der Waals surface area contributed by atoms with Crippen LogP contribution in [-0.4, -0.2) is 29.3 Å². The number of nitrogens with zero attached hydrogens (tertiary/aromatic N) is 1. The molecule has 1 aromatic rings. The molecule has 0 bridgehead atoms. The van der Waals surface area contributed by atoms with E-state index in [1.807, 2.05) is 20.8 Å². The first-order valence-corrected chi connectivity index (χ1v) is 7.87. The van der Waals surface area contributed by atoms with Crippen molar-refractivity contribution in [1.29, 1.82) is 0 Å². The van der Waals surface area contributed by atoms with Crippen LogP contribution in [0.4, 0.5) is 5.13 Å². The van der Waals surface area contributed by atoms with Crippen molar-refractivity contribution in [2.45, 2.75) is 27.2 Å². The Kier molecular flexibility index (Phi) is 4.50. The van der Waals surface area contributed by atoms with Crippen LogP contribution in [0, 0.1) is 17.3 Å². The lowest BCUT2D eigenvalue weighted by Crippen LogP contribution is -2.37. The summed E-state index contributed by atoms with van der Waals surface area (Å²) in [5.74, 6) is -1.92. The van der Waals surface area contributed by atoms with Crippen molar-refractivity contribution in [3.63, 3.8) is 0 Å². The van der Waals surface area contributed by atoms with E-state index in [0.29, 0.717) is 17.4 Å². The van der Waals surface area contributed by atoms with Crippen molar-refractivity contribution in [3.05, 3.63) is 11.1 Å². The van der Waals surface area contributed by atoms with Crippen LogP contribution in [0.15, 0.2) is 5.38 Å². The molecule has 8 heteroatoms. The summed E-state index contributed by atoms with van der Waals surface area (Å²) in [6, 6.07) is 0. The largest absolute Gasteiger partial charge is 0.369 e. The number of anilines is 1. The SMILES string of the molecule is CC(C)(C)C1CNC(=O)C1C(=O)Nc1nc(CC(N)=O)cs1. The molecule has 0 spiro atoms. The minimum Gasteiger partial charge on any atom is -0.369 e. The van der Waals surface area contributed by atoms with Crippen LogP contribution in [0.2, 0.25) is 0 Å². The highest BCUT2D eigenvalue weighted by Crippen LogP contribution is 2.35. The molecule has 2 heterocycles. The summed E-state index contributed by atoms with van der Waals surface area (Å²) >= 11 is 1.21. The van der Waals surface area contributed by atoms with E-state index in [9.17, 15) is 14.4 Å². The fourth-order valence-corrected chi connectivity index (χ4v) is 3.25. The Bertz CT molecular complexity index is 605. The lowest BCUT2D eigenvalue weighted by atomic mass is 9.74. The molecule has 0 aliphatic carbocycles. The lowest BCUT2D eigenvalue weighted by molar-refractivity contribution is -0.132. The number of rotatable bonds is 4. The number of aromatic nitrogens is 1. The van der Waals surface area contributed by atoms with E-state index in [1.54, 1.807) is 5.38 Å². The van der Waals surface area contributed by atoms with E-state index in [0.717, 1.165) is 0 Å². The molecule has 120 valence electrons. The smallest absolute Gasteiger partial charge is 0.239 e. The highest BCUT2D eigenvalue weighted by molar-refractivity contribution is 7.13. The molecule has 1 aromatic heterocycles. The number of primary amides is 1. The number of hydrogen-bond donors (Lipinski definition) is 3. The molecule has 2 atom stereocenters. The van der Waals surface area contributed by atoms with Gasteiger partial charge in [-0.1, -0.05) is 20.8 Å². The molecule has 3 amide bonds. The van der Waals surface area contributed by atoms with Crippen LogP contribution in [-0.2, 0) is 20.8 Å². The van der Waals surface area contributed by atoms with Gasteiger partial charge in [-0.15, -0.1) is 11.3 Å². The van der Waals surface area contributed by atoms with Gasteiger partial charge in [0, 0.05) is 17.8 Å². The van der Waals surface area contributed by atoms with Gasteiger partial charge in [0.25, 0.3) is 0 Å². The maximum Gasteiger partial charge on any atom is 0.239 e. The first kappa shape index (κ1) is 16.4. The second-order valence-corrected chi connectivity index (χ2v) is 7.33. The first-order chi connectivity index (χ1) is 10.2. The van der Waals surface area contributed by atoms with Gasteiger partial charge in [-0.3, -0.25) is 14.4 Å². The maximum atomic E-state index is 12.4. The van der Waals surface area contributed by atoms with Gasteiger partial charge < -0.3 is 16.4 Å². The third kappa shape index (κ3) is 3.62. The molecule has 0 saturated carbocycles. The van der Waals surface area contributed by atoms with Crippen molar-refractivity contribution in [2.24, 2.45) is 23.0 Å². The van der Waals surface area contributed by atoms with Crippen LogP contribution < -0.4 is 16.4 Å². The van der Waals surface area contributed by atoms with Gasteiger partial charge in [-0.25, -0.2) is 4.98 Å². The Morgan fingerprint density at radius 2 is 2.18 bits per heavy atom. The highest BCUT2D eigenvalue weighted by atomic mass is 32.1. The molecule has 22 heavy (non-hydrogen) atoms. The molecule has 0 radical (unpaired) electrons. The zero-order valence-corrected chi connectivity index (χ0v) is 13.6. The standard InChI is InChI=1S/C14H20N4O3S/c1-14(2,3)8-5-16-11(20)10(8)12(21)18-13-17-7(6-22-13)4-9(15)19/h6,8,10H,4-5H2,1-3H3,(H2,15,19)(H,16,20)(H,17,18,21). The van der Waals surface area contributed by atoms with Crippen molar-refractivity contribution < 1.29 is 14.4 Å². The van der Waals surface area contributed by atoms with Crippen LogP contribution in [0.5, 0.6) is 0 Å². The molecular weight excluding hydrogens is 304 g/mol. The zero-order valence-electron chi connectivity index (χ0n) is 12.8. The molecule has 4 N–H and O–H groups in total. The van der Waals surface area contributed by atoms with Gasteiger partial charge in [0.2, 0.25) is 17.7 Å². The number of nitrogens with two attached hydrogens (primary N) is 1. The molecule has 0 aromatic carbocycles. The monoisotopic (exact) mass is 324 g/mol. The summed E-state index contributed by atoms with van der Waals surface area (Å²) in [6.45, 7) is 6.51. The molecule has 1 saturated heterocycles. The molecule has 1 aliphatic heterocycles. The number of carbonyl (C=O) groups excluding carboxylic acids is 3. The minimum atomic E-state index is -0.733. The lowest BCUT2D eigenvalue weighted by Gasteiger charge is -2.29. The molecule has 1 fully saturated rings. The van der Waals surface area contributed by atoms with E-state index in [2.05, 4.69) is 15.6 Å². The Balaban J connectivity index is 2.09. The summed E-state index contributed by atoms with van der Waals surface area (Å²) in [7, 11) is 0. The van der Waals surface area contributed by atoms with E-state index in [4.69, 9.17) is 5.73 Å². The van der Waals surface area contributed by atoms with E-state index >= 15 is 0 Å². The van der Waals surface area contributed by atoms with Gasteiger partial charge >= 0.3 is 0 Å². The number of amides is 3. The van der Waals surface area contributed by atoms with Crippen LogP contribution in [0.1, 0.15) is 26.5 Å². The quantitative estimate of drug-likeness (QED) is 0.700. The summed E-state index contributed by atoms with van der Waals surface area (Å²) in [6.07, 6.45) is 0.0287. The number of carbonyl (C=O) groups is 3. The Labute approximate surface area is 132 Å². The second kappa shape index (κ2) is 6.04. The van der Waals surface area contributed by atoms with Crippen molar-refractivity contribution >= 4 is 34.2 Å². The van der Waals surface area contributed by atoms with Gasteiger partial charge in [0.05, 0.1) is 12.1 Å². The predicted molar refractivity (Wildman–Crippen MR) is 83.1 cm³/mol. The van der Waals surface area contributed by atoms with Crippen molar-refractivity contribution in [2.75, 3.05) is 11.9 Å². The third-order valence-electron chi connectivity index (χ3n) is 3.71. The van der Waals surface area contributed by atoms with E-state index < -0.39 is 11.8 Å². The third-order valence-corrected chi connectivity index (χ3v) is 4.52. The molecule has 2 unspecified atom stereocenters. The summed E-state index contributed by atoms with van der Waals surface area (Å²) in [5, 5.41) is 7.44. The summed E-state index contributed by atoms with van der Waals surface area (Å²) < 4.78 is 0. The summed E-state index contributed by atoms with van der Waals surface area (Å²) in [5.41, 5.74) is 5.45. The van der Waals surface area contributed by atoms with Crippen LogP contribution in [0.3, 0.4) is 0 Å². The number of hydrogen-bond acceptors (Lipinski definition) is 5. The second-order valence-electron chi connectivity index (χ2n) is 6.47. The average Bonchev–Trinajstić information content (AvgIpc) is 2.94. The topological polar surface area (TPSA) is 114 Å². The van der Waals surface area contributed by atoms with Crippen molar-refractivity contribution in [1.82, 2.24) is 10.3 Å². The fraction of sp³-hybridized carbons (Fsp3) is 0.571. The maximum absolute atomic E-state index is 12.4. The average molecular weight is 324 g/mol. The zero-order chi connectivity index (χ0) is 16.5. The molecular formula is C14H20N4O3S. The fourth-order valence-electron chi connectivity index (χ4n) is 2.54. The Morgan fingerprint density at radius 3 is 2.77 bits per heavy atom. The molecule has 2 rings (SSSR count). The van der Waals surface area contributed by atoms with Crippen LogP contribution in [0.25, 0.3) is 0 Å². The van der Waals surface area contributed by atoms with Crippen LogP contribution >= 0.6 is 11.3 Å².